The number of anilines is 1. The summed E-state index contributed by atoms with van der Waals surface area (Å²) in [4.78, 5) is 26.9. The molecule has 0 atom stereocenters. The Labute approximate surface area is 101 Å². The van der Waals surface area contributed by atoms with Crippen LogP contribution in [-0.2, 0) is 6.54 Å². The number of nitrogens with one attached hydrogen (secondary N) is 2. The average Bonchev–Trinajstić information content (AvgIpc) is 2.25. The Morgan fingerprint density at radius 2 is 2.12 bits per heavy atom. The summed E-state index contributed by atoms with van der Waals surface area (Å²) in [6.45, 7) is 0.267. The molecule has 0 saturated heterocycles. The second-order valence-corrected chi connectivity index (χ2v) is 3.89. The first kappa shape index (κ1) is 11.4. The van der Waals surface area contributed by atoms with Crippen LogP contribution in [-0.4, -0.2) is 9.97 Å². The molecule has 0 aliphatic rings. The van der Waals surface area contributed by atoms with Crippen molar-refractivity contribution in [2.75, 3.05) is 5.73 Å². The number of nitrogen functional groups attached to an aromatic ring is 1. The van der Waals surface area contributed by atoms with E-state index < -0.39 is 11.2 Å². The van der Waals surface area contributed by atoms with Gasteiger partial charge in [0.15, 0.2) is 18.9 Å². The molecule has 6 nitrogen and oxygen atoms in total. The van der Waals surface area contributed by atoms with E-state index in [-0.39, 0.29) is 11.6 Å². The predicted molar refractivity (Wildman–Crippen MR) is 62.8 cm³/mol. The van der Waals surface area contributed by atoms with Crippen molar-refractivity contribution in [3.63, 3.8) is 0 Å². The van der Waals surface area contributed by atoms with Crippen LogP contribution in [0.3, 0.4) is 0 Å². The maximum atomic E-state index is 11.3. The van der Waals surface area contributed by atoms with E-state index in [0.717, 1.165) is 0 Å². The summed E-state index contributed by atoms with van der Waals surface area (Å²) in [5.74, 6) is 0. The van der Waals surface area contributed by atoms with Gasteiger partial charge in [-0.05, 0) is 6.07 Å². The quantitative estimate of drug-likeness (QED) is 0.638. The minimum absolute atomic E-state index is 0.0282. The van der Waals surface area contributed by atoms with Crippen LogP contribution in [0, 0.1) is 0 Å². The fraction of sp³-hybridized carbons (Fsp3) is 0.100. The molecule has 2 aromatic heterocycles. The number of pyridine rings is 1. The zero-order chi connectivity index (χ0) is 12.4. The summed E-state index contributed by atoms with van der Waals surface area (Å²) in [6, 6.07) is 3.49. The van der Waals surface area contributed by atoms with Crippen LogP contribution in [0.5, 0.6) is 0 Å². The van der Waals surface area contributed by atoms with Crippen molar-refractivity contribution >= 4 is 17.3 Å². The molecule has 0 aliphatic heterocycles. The van der Waals surface area contributed by atoms with Gasteiger partial charge in [-0.2, -0.15) is 4.57 Å². The average molecular weight is 254 g/mol. The Morgan fingerprint density at radius 1 is 1.35 bits per heavy atom. The fourth-order valence-electron chi connectivity index (χ4n) is 1.45. The van der Waals surface area contributed by atoms with Crippen LogP contribution in [0.15, 0.2) is 34.1 Å². The van der Waals surface area contributed by atoms with Gasteiger partial charge in [-0.1, -0.05) is 11.6 Å². The van der Waals surface area contributed by atoms with Gasteiger partial charge in [0.1, 0.15) is 10.7 Å². The van der Waals surface area contributed by atoms with E-state index in [4.69, 9.17) is 17.3 Å². The Morgan fingerprint density at radius 3 is 2.82 bits per heavy atom. The monoisotopic (exact) mass is 253 g/mol. The van der Waals surface area contributed by atoms with E-state index in [1.165, 1.54) is 0 Å². The summed E-state index contributed by atoms with van der Waals surface area (Å²) < 4.78 is 1.71. The largest absolute Gasteiger partial charge is 0.394 e. The van der Waals surface area contributed by atoms with Crippen LogP contribution in [0.1, 0.15) is 5.69 Å². The molecule has 0 aliphatic carbocycles. The number of rotatable bonds is 2. The smallest absolute Gasteiger partial charge is 0.326 e. The number of hydrogen-bond donors (Lipinski definition) is 3. The highest BCUT2D eigenvalue weighted by molar-refractivity contribution is 6.30. The third kappa shape index (κ3) is 2.54. The second-order valence-electron chi connectivity index (χ2n) is 3.51. The van der Waals surface area contributed by atoms with E-state index >= 15 is 0 Å². The third-order valence-corrected chi connectivity index (χ3v) is 2.58. The zero-order valence-electron chi connectivity index (χ0n) is 8.74. The second kappa shape index (κ2) is 4.42. The van der Waals surface area contributed by atoms with Crippen molar-refractivity contribution in [1.29, 1.82) is 0 Å². The predicted octanol–water partition coefficient (Wildman–Crippen LogP) is -0.365. The van der Waals surface area contributed by atoms with Crippen LogP contribution in [0.2, 0.25) is 5.02 Å². The lowest BCUT2D eigenvalue weighted by atomic mass is 10.3. The number of aromatic amines is 2. The highest BCUT2D eigenvalue weighted by Gasteiger charge is 2.11. The summed E-state index contributed by atoms with van der Waals surface area (Å²) in [5, 5.41) is -0.0282. The number of halogens is 1. The number of aromatic nitrogens is 3. The van der Waals surface area contributed by atoms with Gasteiger partial charge in [-0.3, -0.25) is 9.78 Å². The molecule has 0 amide bonds. The molecule has 0 spiro atoms. The van der Waals surface area contributed by atoms with Crippen LogP contribution in [0.4, 0.5) is 5.69 Å². The summed E-state index contributed by atoms with van der Waals surface area (Å²) in [5.41, 5.74) is 5.35. The van der Waals surface area contributed by atoms with Crippen molar-refractivity contribution in [2.24, 2.45) is 0 Å². The zero-order valence-corrected chi connectivity index (χ0v) is 9.49. The number of nitrogens with zero attached hydrogens (tertiary/aromatic N) is 1. The van der Waals surface area contributed by atoms with Crippen molar-refractivity contribution in [1.82, 2.24) is 9.97 Å². The molecule has 0 aromatic carbocycles. The summed E-state index contributed by atoms with van der Waals surface area (Å²) >= 11 is 5.80. The van der Waals surface area contributed by atoms with E-state index in [9.17, 15) is 9.59 Å². The van der Waals surface area contributed by atoms with Crippen LogP contribution < -0.4 is 21.5 Å². The molecule has 0 radical (unpaired) electrons. The van der Waals surface area contributed by atoms with Crippen LogP contribution >= 0.6 is 11.6 Å². The molecule has 0 fully saturated rings. The molecule has 7 heteroatoms. The molecular formula is C10H10ClN4O2+. The molecule has 0 unspecified atom stereocenters. The Balaban J connectivity index is 2.43. The highest BCUT2D eigenvalue weighted by atomic mass is 35.5. The standard InChI is InChI=1S/C10H9ClN4O2/c11-8-7(13-10(17)14-9(8)16)5-15-3-1-2-6(12)4-15/h1-4H,5,12H2,(H-,13,14,16,17)/p+1. The maximum absolute atomic E-state index is 11.3. The van der Waals surface area contributed by atoms with E-state index in [1.54, 1.807) is 29.1 Å². The van der Waals surface area contributed by atoms with Crippen molar-refractivity contribution in [2.45, 2.75) is 6.54 Å². The van der Waals surface area contributed by atoms with E-state index in [0.29, 0.717) is 11.4 Å². The number of nitrogens with two attached hydrogens (primary N) is 1. The van der Waals surface area contributed by atoms with Crippen molar-refractivity contribution in [3.8, 4) is 0 Å². The number of hydrogen-bond acceptors (Lipinski definition) is 3. The molecule has 2 aromatic rings. The first-order valence-electron chi connectivity index (χ1n) is 4.82. The summed E-state index contributed by atoms with van der Waals surface area (Å²) in [7, 11) is 0. The fourth-order valence-corrected chi connectivity index (χ4v) is 1.60. The minimum atomic E-state index is -0.602. The molecule has 88 valence electrons. The van der Waals surface area contributed by atoms with Gasteiger partial charge in [0.25, 0.3) is 5.56 Å². The maximum Gasteiger partial charge on any atom is 0.326 e. The molecular weight excluding hydrogens is 244 g/mol. The summed E-state index contributed by atoms with van der Waals surface area (Å²) in [6.07, 6.45) is 3.43. The Kier molecular flexibility index (Phi) is 2.97. The van der Waals surface area contributed by atoms with Gasteiger partial charge in [-0.25, -0.2) is 4.79 Å². The third-order valence-electron chi connectivity index (χ3n) is 2.18. The molecule has 2 heterocycles. The van der Waals surface area contributed by atoms with Gasteiger partial charge in [-0.15, -0.1) is 0 Å². The van der Waals surface area contributed by atoms with Crippen molar-refractivity contribution in [3.05, 3.63) is 56.1 Å². The van der Waals surface area contributed by atoms with Gasteiger partial charge in [0.05, 0.1) is 5.69 Å². The van der Waals surface area contributed by atoms with Crippen LogP contribution in [0.25, 0.3) is 0 Å². The van der Waals surface area contributed by atoms with Gasteiger partial charge >= 0.3 is 5.69 Å². The minimum Gasteiger partial charge on any atom is -0.394 e. The van der Waals surface area contributed by atoms with E-state index in [2.05, 4.69) is 4.98 Å². The SMILES string of the molecule is Nc1ccc[n+](Cc2[nH]c(=O)[nH]c(=O)c2Cl)c1. The highest BCUT2D eigenvalue weighted by Crippen LogP contribution is 2.04. The van der Waals surface area contributed by atoms with Crippen molar-refractivity contribution < 1.29 is 4.57 Å². The molecule has 0 bridgehead atoms. The van der Waals surface area contributed by atoms with E-state index in [1.807, 2.05) is 4.98 Å². The lowest BCUT2D eigenvalue weighted by Gasteiger charge is -2.00. The van der Waals surface area contributed by atoms with Gasteiger partial charge in [0, 0.05) is 6.07 Å². The lowest BCUT2D eigenvalue weighted by molar-refractivity contribution is -0.688. The Bertz CT molecular complexity index is 662. The van der Waals surface area contributed by atoms with Gasteiger partial charge in [0.2, 0.25) is 0 Å². The molecule has 0 saturated carbocycles. The molecule has 4 N–H and O–H groups in total. The topological polar surface area (TPSA) is 95.6 Å². The number of H-pyrrole nitrogens is 2. The van der Waals surface area contributed by atoms with Gasteiger partial charge < -0.3 is 10.7 Å². The molecule has 17 heavy (non-hydrogen) atoms. The lowest BCUT2D eigenvalue weighted by Crippen LogP contribution is -2.37. The first-order chi connectivity index (χ1) is 8.06. The first-order valence-corrected chi connectivity index (χ1v) is 5.19. The molecule has 2 rings (SSSR count). The Hall–Kier alpha value is -2.08. The normalized spacial score (nSPS) is 10.4.